The van der Waals surface area contributed by atoms with E-state index in [1.165, 1.54) is 0 Å². The molecule has 1 aromatic carbocycles. The maximum Gasteiger partial charge on any atom is 0.254 e. The van der Waals surface area contributed by atoms with Gasteiger partial charge in [0.05, 0.1) is 5.56 Å². The van der Waals surface area contributed by atoms with Crippen LogP contribution in [0.2, 0.25) is 0 Å². The van der Waals surface area contributed by atoms with Crippen LogP contribution in [0, 0.1) is 11.8 Å². The fraction of sp³-hybridized carbons (Fsp3) is 0.533. The molecule has 0 aliphatic carbocycles. The van der Waals surface area contributed by atoms with Gasteiger partial charge in [-0.15, -0.1) is 12.4 Å². The molecule has 110 valence electrons. The zero-order valence-corrected chi connectivity index (χ0v) is 13.8. The van der Waals surface area contributed by atoms with E-state index in [0.717, 1.165) is 60.9 Å². The van der Waals surface area contributed by atoms with Crippen LogP contribution in [-0.4, -0.2) is 37.0 Å². The highest BCUT2D eigenvalue weighted by Crippen LogP contribution is 2.28. The number of fused-ring (bicyclic) bond motifs is 1. The molecule has 2 aliphatic rings. The van der Waals surface area contributed by atoms with Crippen LogP contribution in [0.25, 0.3) is 0 Å². The fourth-order valence-corrected chi connectivity index (χ4v) is 3.68. The number of likely N-dealkylation sites (tertiary alicyclic amines) is 1. The number of amides is 1. The van der Waals surface area contributed by atoms with E-state index >= 15 is 0 Å². The van der Waals surface area contributed by atoms with Gasteiger partial charge in [0.1, 0.15) is 0 Å². The molecule has 20 heavy (non-hydrogen) atoms. The summed E-state index contributed by atoms with van der Waals surface area (Å²) in [4.78, 5) is 14.6. The molecule has 0 bridgehead atoms. The molecule has 0 spiro atoms. The summed E-state index contributed by atoms with van der Waals surface area (Å²) in [5.74, 6) is 1.69. The third-order valence-corrected chi connectivity index (χ3v) is 5.10. The molecule has 0 saturated carbocycles. The Morgan fingerprint density at radius 2 is 1.75 bits per heavy atom. The zero-order chi connectivity index (χ0) is 13.2. The van der Waals surface area contributed by atoms with Gasteiger partial charge in [-0.2, -0.15) is 0 Å². The lowest BCUT2D eigenvalue weighted by molar-refractivity contribution is 0.0757. The maximum atomic E-state index is 12.6. The van der Waals surface area contributed by atoms with Gasteiger partial charge in [0, 0.05) is 17.6 Å². The molecule has 1 aromatic rings. The number of nitrogens with one attached hydrogen (secondary N) is 1. The smallest absolute Gasteiger partial charge is 0.254 e. The van der Waals surface area contributed by atoms with Crippen molar-refractivity contribution >= 4 is 34.2 Å². The minimum absolute atomic E-state index is 0. The first kappa shape index (κ1) is 15.8. The molecule has 0 unspecified atom stereocenters. The molecular weight excluding hydrogens is 340 g/mol. The van der Waals surface area contributed by atoms with Crippen molar-refractivity contribution in [1.29, 1.82) is 0 Å². The molecule has 2 fully saturated rings. The molecule has 3 rings (SSSR count). The van der Waals surface area contributed by atoms with Gasteiger partial charge in [0.15, 0.2) is 0 Å². The summed E-state index contributed by atoms with van der Waals surface area (Å²) in [5, 5.41) is 3.47. The quantitative estimate of drug-likeness (QED) is 0.836. The second kappa shape index (κ2) is 6.92. The Kier molecular flexibility index (Phi) is 5.47. The van der Waals surface area contributed by atoms with Gasteiger partial charge in [0.25, 0.3) is 5.91 Å². The number of hydrogen-bond acceptors (Lipinski definition) is 2. The molecule has 2 heterocycles. The summed E-state index contributed by atoms with van der Waals surface area (Å²) in [7, 11) is 0. The van der Waals surface area contributed by atoms with E-state index in [1.54, 1.807) is 0 Å². The normalized spacial score (nSPS) is 25.6. The van der Waals surface area contributed by atoms with E-state index in [1.807, 2.05) is 29.2 Å². The molecule has 2 saturated heterocycles. The standard InChI is InChI=1S/C15H19BrN2O.ClH/c16-14-4-2-1-3-13(14)15(19)18-7-5-11-9-17-10-12(11)6-8-18;/h1-4,11-12,17H,5-10H2;1H/t11-,12+;. The Labute approximate surface area is 134 Å². The van der Waals surface area contributed by atoms with Crippen molar-refractivity contribution in [2.75, 3.05) is 26.2 Å². The Morgan fingerprint density at radius 1 is 1.15 bits per heavy atom. The lowest BCUT2D eigenvalue weighted by atomic mass is 9.92. The van der Waals surface area contributed by atoms with Crippen molar-refractivity contribution in [2.45, 2.75) is 12.8 Å². The van der Waals surface area contributed by atoms with E-state index < -0.39 is 0 Å². The van der Waals surface area contributed by atoms with E-state index in [0.29, 0.717) is 0 Å². The van der Waals surface area contributed by atoms with Gasteiger partial charge in [-0.25, -0.2) is 0 Å². The highest BCUT2D eigenvalue weighted by molar-refractivity contribution is 9.10. The van der Waals surface area contributed by atoms with Crippen LogP contribution in [0.5, 0.6) is 0 Å². The largest absolute Gasteiger partial charge is 0.339 e. The molecule has 2 atom stereocenters. The van der Waals surface area contributed by atoms with E-state index in [-0.39, 0.29) is 18.3 Å². The van der Waals surface area contributed by atoms with Gasteiger partial charge >= 0.3 is 0 Å². The van der Waals surface area contributed by atoms with E-state index in [4.69, 9.17) is 0 Å². The van der Waals surface area contributed by atoms with Crippen LogP contribution in [0.3, 0.4) is 0 Å². The molecule has 1 N–H and O–H groups in total. The van der Waals surface area contributed by atoms with E-state index in [2.05, 4.69) is 21.2 Å². The van der Waals surface area contributed by atoms with Crippen molar-refractivity contribution < 1.29 is 4.79 Å². The summed E-state index contributed by atoms with van der Waals surface area (Å²) in [6.07, 6.45) is 2.27. The highest BCUT2D eigenvalue weighted by atomic mass is 79.9. The second-order valence-electron chi connectivity index (χ2n) is 5.53. The van der Waals surface area contributed by atoms with Gasteiger partial charge in [-0.05, 0) is 65.8 Å². The average Bonchev–Trinajstić information content (AvgIpc) is 2.78. The Balaban J connectivity index is 0.00000147. The minimum Gasteiger partial charge on any atom is -0.339 e. The second-order valence-corrected chi connectivity index (χ2v) is 6.38. The van der Waals surface area contributed by atoms with Crippen molar-refractivity contribution in [3.05, 3.63) is 34.3 Å². The third kappa shape index (κ3) is 3.18. The summed E-state index contributed by atoms with van der Waals surface area (Å²) >= 11 is 3.47. The van der Waals surface area contributed by atoms with Gasteiger partial charge in [-0.3, -0.25) is 4.79 Å². The number of hydrogen-bond donors (Lipinski definition) is 1. The van der Waals surface area contributed by atoms with Crippen LogP contribution in [0.15, 0.2) is 28.7 Å². The van der Waals surface area contributed by atoms with Gasteiger partial charge in [0.2, 0.25) is 0 Å². The molecule has 0 aromatic heterocycles. The molecule has 5 heteroatoms. The van der Waals surface area contributed by atoms with Crippen molar-refractivity contribution in [3.63, 3.8) is 0 Å². The number of rotatable bonds is 1. The molecule has 1 amide bonds. The first-order chi connectivity index (χ1) is 9.25. The molecular formula is C15H20BrClN2O. The fourth-order valence-electron chi connectivity index (χ4n) is 3.23. The molecule has 0 radical (unpaired) electrons. The third-order valence-electron chi connectivity index (χ3n) is 4.41. The predicted octanol–water partition coefficient (Wildman–Crippen LogP) is 2.94. The summed E-state index contributed by atoms with van der Waals surface area (Å²) in [5.41, 5.74) is 0.785. The van der Waals surface area contributed by atoms with Crippen molar-refractivity contribution in [2.24, 2.45) is 11.8 Å². The van der Waals surface area contributed by atoms with Crippen molar-refractivity contribution in [1.82, 2.24) is 10.2 Å². The van der Waals surface area contributed by atoms with Gasteiger partial charge < -0.3 is 10.2 Å². The predicted molar refractivity (Wildman–Crippen MR) is 86.4 cm³/mol. The molecule has 2 aliphatic heterocycles. The first-order valence-corrected chi connectivity index (χ1v) is 7.79. The van der Waals surface area contributed by atoms with E-state index in [9.17, 15) is 4.79 Å². The van der Waals surface area contributed by atoms with Crippen molar-refractivity contribution in [3.8, 4) is 0 Å². The topological polar surface area (TPSA) is 32.3 Å². The number of halogens is 2. The highest BCUT2D eigenvalue weighted by Gasteiger charge is 2.31. The van der Waals surface area contributed by atoms with Gasteiger partial charge in [-0.1, -0.05) is 12.1 Å². The Hall–Kier alpha value is -0.580. The lowest BCUT2D eigenvalue weighted by Gasteiger charge is -2.21. The Morgan fingerprint density at radius 3 is 2.35 bits per heavy atom. The Bertz CT molecular complexity index is 469. The number of benzene rings is 1. The number of nitrogens with zero attached hydrogens (tertiary/aromatic N) is 1. The van der Waals surface area contributed by atoms with Crippen LogP contribution < -0.4 is 5.32 Å². The number of carbonyl (C=O) groups is 1. The summed E-state index contributed by atoms with van der Waals surface area (Å²) in [6.45, 7) is 4.04. The lowest BCUT2D eigenvalue weighted by Crippen LogP contribution is -2.33. The molecule has 3 nitrogen and oxygen atoms in total. The maximum absolute atomic E-state index is 12.6. The monoisotopic (exact) mass is 358 g/mol. The first-order valence-electron chi connectivity index (χ1n) is 7.00. The van der Waals surface area contributed by atoms with Crippen LogP contribution in [0.1, 0.15) is 23.2 Å². The zero-order valence-electron chi connectivity index (χ0n) is 11.3. The summed E-state index contributed by atoms with van der Waals surface area (Å²) < 4.78 is 0.895. The minimum atomic E-state index is 0. The average molecular weight is 360 g/mol. The SMILES string of the molecule is Cl.O=C(c1ccccc1Br)N1CC[C@@H]2CNC[C@@H]2CC1. The summed E-state index contributed by atoms with van der Waals surface area (Å²) in [6, 6.07) is 7.71. The van der Waals surface area contributed by atoms with Crippen LogP contribution in [0.4, 0.5) is 0 Å². The van der Waals surface area contributed by atoms with Crippen LogP contribution >= 0.6 is 28.3 Å². The van der Waals surface area contributed by atoms with Crippen LogP contribution in [-0.2, 0) is 0 Å². The number of carbonyl (C=O) groups excluding carboxylic acids is 1.